The van der Waals surface area contributed by atoms with E-state index in [4.69, 9.17) is 0 Å². The minimum Gasteiger partial charge on any atom is -0.352 e. The highest BCUT2D eigenvalue weighted by Gasteiger charge is 2.16. The summed E-state index contributed by atoms with van der Waals surface area (Å²) in [6.07, 6.45) is 5.81. The van der Waals surface area contributed by atoms with Crippen LogP contribution in [0.1, 0.15) is 49.1 Å². The van der Waals surface area contributed by atoms with Crippen LogP contribution in [0, 0.1) is 13.8 Å². The zero-order chi connectivity index (χ0) is 16.8. The number of hydrogen-bond donors (Lipinski definition) is 2. The molecule has 1 heterocycles. The molecular weight excluding hydrogens is 314 g/mol. The van der Waals surface area contributed by atoms with E-state index in [9.17, 15) is 14.4 Å². The molecular formula is C16H25N3O3S. The summed E-state index contributed by atoms with van der Waals surface area (Å²) in [5.41, 5.74) is 0.905. The third-order valence-electron chi connectivity index (χ3n) is 4.35. The van der Waals surface area contributed by atoms with Crippen molar-refractivity contribution < 1.29 is 9.59 Å². The smallest absolute Gasteiger partial charge is 0.307 e. The van der Waals surface area contributed by atoms with Crippen molar-refractivity contribution in [1.29, 1.82) is 0 Å². The highest BCUT2D eigenvalue weighted by atomic mass is 32.1. The molecule has 0 saturated heterocycles. The van der Waals surface area contributed by atoms with Crippen molar-refractivity contribution in [3.05, 3.63) is 20.2 Å². The quantitative estimate of drug-likeness (QED) is 0.824. The van der Waals surface area contributed by atoms with Crippen LogP contribution in [-0.4, -0.2) is 29.0 Å². The van der Waals surface area contributed by atoms with E-state index < -0.39 is 0 Å². The highest BCUT2D eigenvalue weighted by molar-refractivity contribution is 7.09. The molecule has 6 nitrogen and oxygen atoms in total. The molecule has 1 aromatic rings. The molecule has 2 rings (SSSR count). The molecule has 23 heavy (non-hydrogen) atoms. The number of carbonyl (C=O) groups is 2. The molecule has 0 aromatic carbocycles. The summed E-state index contributed by atoms with van der Waals surface area (Å²) in [5.74, 6) is -0.344. The van der Waals surface area contributed by atoms with Gasteiger partial charge in [0.1, 0.15) is 0 Å². The number of rotatable bonds is 6. The van der Waals surface area contributed by atoms with Gasteiger partial charge in [-0.2, -0.15) is 0 Å². The molecule has 1 aromatic heterocycles. The Morgan fingerprint density at radius 1 is 1.17 bits per heavy atom. The van der Waals surface area contributed by atoms with E-state index in [1.54, 1.807) is 4.57 Å². The van der Waals surface area contributed by atoms with Gasteiger partial charge in [-0.25, -0.2) is 0 Å². The van der Waals surface area contributed by atoms with Crippen molar-refractivity contribution in [2.75, 3.05) is 6.54 Å². The van der Waals surface area contributed by atoms with Crippen LogP contribution in [0.5, 0.6) is 0 Å². The van der Waals surface area contributed by atoms with Crippen molar-refractivity contribution in [3.8, 4) is 0 Å². The minimum atomic E-state index is -0.209. The van der Waals surface area contributed by atoms with Gasteiger partial charge in [0.2, 0.25) is 11.8 Å². The second-order valence-corrected chi connectivity index (χ2v) is 7.26. The van der Waals surface area contributed by atoms with Crippen molar-refractivity contribution >= 4 is 23.2 Å². The van der Waals surface area contributed by atoms with Crippen molar-refractivity contribution in [2.24, 2.45) is 0 Å². The molecule has 1 saturated carbocycles. The first-order valence-electron chi connectivity index (χ1n) is 8.20. The third kappa shape index (κ3) is 5.20. The van der Waals surface area contributed by atoms with Gasteiger partial charge in [0.25, 0.3) is 0 Å². The van der Waals surface area contributed by atoms with E-state index in [0.717, 1.165) is 36.3 Å². The fraction of sp³-hybridized carbons (Fsp3) is 0.688. The Labute approximate surface area is 140 Å². The van der Waals surface area contributed by atoms with E-state index >= 15 is 0 Å². The van der Waals surface area contributed by atoms with Gasteiger partial charge in [-0.1, -0.05) is 30.6 Å². The first kappa shape index (κ1) is 17.7. The summed E-state index contributed by atoms with van der Waals surface area (Å²) in [7, 11) is 0. The molecule has 0 radical (unpaired) electrons. The predicted octanol–water partition coefficient (Wildman–Crippen LogP) is 1.48. The Morgan fingerprint density at radius 2 is 1.87 bits per heavy atom. The molecule has 128 valence electrons. The van der Waals surface area contributed by atoms with Gasteiger partial charge in [0, 0.05) is 29.6 Å². The summed E-state index contributed by atoms with van der Waals surface area (Å²) in [4.78, 5) is 36.3. The second-order valence-electron chi connectivity index (χ2n) is 6.09. The number of nitrogens with zero attached hydrogens (tertiary/aromatic N) is 1. The molecule has 1 aliphatic rings. The first-order valence-corrected chi connectivity index (χ1v) is 9.02. The van der Waals surface area contributed by atoms with Gasteiger partial charge in [0.05, 0.1) is 6.54 Å². The Bertz CT molecular complexity index is 615. The molecule has 2 N–H and O–H groups in total. The number of amides is 2. The SMILES string of the molecule is Cc1sc(=O)n(CCC(=O)NCC(=O)NC2CCCCC2)c1C. The maximum Gasteiger partial charge on any atom is 0.307 e. The Morgan fingerprint density at radius 3 is 2.48 bits per heavy atom. The topological polar surface area (TPSA) is 80.2 Å². The molecule has 0 unspecified atom stereocenters. The largest absolute Gasteiger partial charge is 0.352 e. The number of hydrogen-bond acceptors (Lipinski definition) is 4. The van der Waals surface area contributed by atoms with E-state index in [1.807, 2.05) is 13.8 Å². The molecule has 0 spiro atoms. The summed E-state index contributed by atoms with van der Waals surface area (Å²) in [6, 6.07) is 0.253. The van der Waals surface area contributed by atoms with E-state index in [2.05, 4.69) is 10.6 Å². The van der Waals surface area contributed by atoms with Gasteiger partial charge in [-0.05, 0) is 26.7 Å². The van der Waals surface area contributed by atoms with Gasteiger partial charge in [-0.3, -0.25) is 14.4 Å². The van der Waals surface area contributed by atoms with E-state index in [0.29, 0.717) is 6.54 Å². The Kier molecular flexibility index (Phi) is 6.38. The summed E-state index contributed by atoms with van der Waals surface area (Å²) >= 11 is 1.20. The number of aryl methyl sites for hydroxylation is 1. The fourth-order valence-electron chi connectivity index (χ4n) is 2.85. The second kappa shape index (κ2) is 8.29. The van der Waals surface area contributed by atoms with Crippen LogP contribution in [-0.2, 0) is 16.1 Å². The van der Waals surface area contributed by atoms with E-state index in [1.165, 1.54) is 17.8 Å². The van der Waals surface area contributed by atoms with Crippen molar-refractivity contribution in [1.82, 2.24) is 15.2 Å². The molecule has 1 aliphatic carbocycles. The number of thiazole rings is 1. The molecule has 2 amide bonds. The molecule has 0 aliphatic heterocycles. The van der Waals surface area contributed by atoms with Crippen LogP contribution in [0.3, 0.4) is 0 Å². The van der Waals surface area contributed by atoms with Crippen LogP contribution in [0.15, 0.2) is 4.79 Å². The highest BCUT2D eigenvalue weighted by Crippen LogP contribution is 2.17. The third-order valence-corrected chi connectivity index (χ3v) is 5.35. The maximum absolute atomic E-state index is 11.8. The monoisotopic (exact) mass is 339 g/mol. The summed E-state index contributed by atoms with van der Waals surface area (Å²) < 4.78 is 1.61. The normalized spacial score (nSPS) is 15.4. The van der Waals surface area contributed by atoms with Gasteiger partial charge in [0.15, 0.2) is 0 Å². The first-order chi connectivity index (χ1) is 11.0. The number of carbonyl (C=O) groups excluding carboxylic acids is 2. The van der Waals surface area contributed by atoms with E-state index in [-0.39, 0.29) is 35.7 Å². The Hall–Kier alpha value is -1.63. The zero-order valence-electron chi connectivity index (χ0n) is 13.8. The van der Waals surface area contributed by atoms with Crippen LogP contribution in [0.4, 0.5) is 0 Å². The van der Waals surface area contributed by atoms with Crippen LogP contribution in [0.25, 0.3) is 0 Å². The molecule has 0 atom stereocenters. The lowest BCUT2D eigenvalue weighted by atomic mass is 9.95. The van der Waals surface area contributed by atoms with Gasteiger partial charge < -0.3 is 15.2 Å². The van der Waals surface area contributed by atoms with Crippen LogP contribution < -0.4 is 15.5 Å². The molecule has 1 fully saturated rings. The lowest BCUT2D eigenvalue weighted by Crippen LogP contribution is -2.42. The maximum atomic E-state index is 11.8. The van der Waals surface area contributed by atoms with Crippen molar-refractivity contribution in [3.63, 3.8) is 0 Å². The lowest BCUT2D eigenvalue weighted by molar-refractivity contribution is -0.126. The number of nitrogens with one attached hydrogen (secondary N) is 2. The number of aromatic nitrogens is 1. The van der Waals surface area contributed by atoms with Crippen LogP contribution >= 0.6 is 11.3 Å². The van der Waals surface area contributed by atoms with Gasteiger partial charge >= 0.3 is 4.87 Å². The summed E-state index contributed by atoms with van der Waals surface area (Å²) in [5, 5.41) is 5.59. The lowest BCUT2D eigenvalue weighted by Gasteiger charge is -2.22. The van der Waals surface area contributed by atoms with Crippen LogP contribution in [0.2, 0.25) is 0 Å². The zero-order valence-corrected chi connectivity index (χ0v) is 14.6. The molecule has 7 heteroatoms. The molecule has 0 bridgehead atoms. The fourth-order valence-corrected chi connectivity index (χ4v) is 3.71. The summed E-state index contributed by atoms with van der Waals surface area (Å²) in [6.45, 7) is 4.13. The average Bonchev–Trinajstić information content (AvgIpc) is 2.77. The average molecular weight is 339 g/mol. The minimum absolute atomic E-state index is 0.00583. The predicted molar refractivity (Wildman–Crippen MR) is 90.7 cm³/mol. The van der Waals surface area contributed by atoms with Crippen molar-refractivity contribution in [2.45, 2.75) is 65.0 Å². The standard InChI is InChI=1S/C16H25N3O3S/c1-11-12(2)23-16(22)19(11)9-8-14(20)17-10-15(21)18-13-6-4-3-5-7-13/h13H,3-10H2,1-2H3,(H,17,20)(H,18,21). The van der Waals surface area contributed by atoms with Gasteiger partial charge in [-0.15, -0.1) is 0 Å². The Balaban J connectivity index is 1.70.